The largest absolute Gasteiger partial charge is 0.481 e. The predicted octanol–water partition coefficient (Wildman–Crippen LogP) is 2.56. The molecular formula is C21H29FN4O3. The fraction of sp³-hybridized carbons (Fsp3) is 0.619. The van der Waals surface area contributed by atoms with Gasteiger partial charge in [-0.3, -0.25) is 9.59 Å². The molecule has 1 aromatic carbocycles. The molecule has 4 rings (SSSR count). The van der Waals surface area contributed by atoms with Crippen molar-refractivity contribution in [1.82, 2.24) is 4.90 Å². The van der Waals surface area contributed by atoms with E-state index in [1.807, 2.05) is 18.7 Å². The second-order valence-corrected chi connectivity index (χ2v) is 9.24. The first-order valence-electron chi connectivity index (χ1n) is 10.2. The molecule has 2 fully saturated rings. The van der Waals surface area contributed by atoms with E-state index in [2.05, 4.69) is 17.3 Å². The van der Waals surface area contributed by atoms with Crippen LogP contribution < -0.4 is 16.0 Å². The number of carbonyl (C=O) groups is 2. The molecule has 2 atom stereocenters. The van der Waals surface area contributed by atoms with Crippen LogP contribution in [-0.4, -0.2) is 59.5 Å². The second-order valence-electron chi connectivity index (χ2n) is 9.24. The molecule has 4 N–H and O–H groups in total. The first-order valence-corrected chi connectivity index (χ1v) is 10.2. The van der Waals surface area contributed by atoms with E-state index in [0.29, 0.717) is 17.8 Å². The van der Waals surface area contributed by atoms with Gasteiger partial charge >= 0.3 is 5.97 Å². The van der Waals surface area contributed by atoms with Gasteiger partial charge in [0.05, 0.1) is 28.7 Å². The minimum Gasteiger partial charge on any atom is -0.481 e. The monoisotopic (exact) mass is 404 g/mol. The molecule has 0 bridgehead atoms. The third-order valence-corrected chi connectivity index (χ3v) is 6.83. The molecule has 3 aliphatic heterocycles. The van der Waals surface area contributed by atoms with E-state index in [1.165, 1.54) is 0 Å². The van der Waals surface area contributed by atoms with Crippen molar-refractivity contribution in [3.8, 4) is 0 Å². The van der Waals surface area contributed by atoms with Gasteiger partial charge in [0.1, 0.15) is 5.92 Å². The summed E-state index contributed by atoms with van der Waals surface area (Å²) in [5, 5.41) is 13.0. The zero-order valence-electron chi connectivity index (χ0n) is 17.2. The number of fused-ring (bicyclic) bond motifs is 3. The third kappa shape index (κ3) is 3.13. The Morgan fingerprint density at radius 3 is 2.59 bits per heavy atom. The number of nitrogens with two attached hydrogens (primary N) is 1. The number of nitrogens with zero attached hydrogens (tertiary/aromatic N) is 2. The van der Waals surface area contributed by atoms with Crippen LogP contribution in [0.1, 0.15) is 49.9 Å². The summed E-state index contributed by atoms with van der Waals surface area (Å²) in [6.07, 6.45) is 3.14. The Morgan fingerprint density at radius 2 is 1.97 bits per heavy atom. The summed E-state index contributed by atoms with van der Waals surface area (Å²) in [6, 6.07) is 1.35. The quantitative estimate of drug-likeness (QED) is 0.526. The Morgan fingerprint density at radius 1 is 1.31 bits per heavy atom. The highest BCUT2D eigenvalue weighted by Gasteiger charge is 2.53. The number of aliphatic carboxylic acids is 1. The molecule has 7 nitrogen and oxygen atoms in total. The summed E-state index contributed by atoms with van der Waals surface area (Å²) in [4.78, 5) is 29.1. The molecule has 158 valence electrons. The van der Waals surface area contributed by atoms with Crippen molar-refractivity contribution in [3.05, 3.63) is 17.4 Å². The maximum Gasteiger partial charge on any atom is 0.316 e. The fourth-order valence-electron chi connectivity index (χ4n) is 5.22. The van der Waals surface area contributed by atoms with Gasteiger partial charge in [-0.1, -0.05) is 0 Å². The number of piperidine rings is 1. The van der Waals surface area contributed by atoms with E-state index >= 15 is 4.39 Å². The molecule has 29 heavy (non-hydrogen) atoms. The van der Waals surface area contributed by atoms with Crippen molar-refractivity contribution in [1.29, 1.82) is 0 Å². The summed E-state index contributed by atoms with van der Waals surface area (Å²) >= 11 is 0. The number of carbonyl (C=O) groups excluding carboxylic acids is 1. The van der Waals surface area contributed by atoms with E-state index in [0.717, 1.165) is 32.4 Å². The van der Waals surface area contributed by atoms with Crippen LogP contribution in [0.4, 0.5) is 21.5 Å². The number of carboxylic acid groups (broad SMARTS) is 1. The number of anilines is 3. The van der Waals surface area contributed by atoms with Gasteiger partial charge in [0.15, 0.2) is 11.6 Å². The lowest BCUT2D eigenvalue weighted by atomic mass is 9.83. The van der Waals surface area contributed by atoms with Crippen molar-refractivity contribution in [3.63, 3.8) is 0 Å². The van der Waals surface area contributed by atoms with E-state index in [4.69, 9.17) is 5.73 Å². The average Bonchev–Trinajstić information content (AvgIpc) is 2.96. The number of halogens is 1. The van der Waals surface area contributed by atoms with Crippen LogP contribution in [0.3, 0.4) is 0 Å². The van der Waals surface area contributed by atoms with Gasteiger partial charge in [0.25, 0.3) is 0 Å². The zero-order chi connectivity index (χ0) is 21.1. The lowest BCUT2D eigenvalue weighted by Crippen LogP contribution is -2.54. The average molecular weight is 404 g/mol. The van der Waals surface area contributed by atoms with E-state index in [-0.39, 0.29) is 22.8 Å². The molecule has 0 aromatic heterocycles. The summed E-state index contributed by atoms with van der Waals surface area (Å²) in [7, 11) is 2.06. The number of nitrogen functional groups attached to an aromatic ring is 1. The van der Waals surface area contributed by atoms with Crippen LogP contribution in [0, 0.1) is 11.7 Å². The predicted molar refractivity (Wildman–Crippen MR) is 110 cm³/mol. The number of ketones is 1. The number of benzene rings is 1. The minimum atomic E-state index is -1.22. The van der Waals surface area contributed by atoms with Crippen LogP contribution in [0.2, 0.25) is 0 Å². The summed E-state index contributed by atoms with van der Waals surface area (Å²) < 4.78 is 15.1. The molecule has 0 radical (unpaired) electrons. The Balaban J connectivity index is 1.79. The lowest BCUT2D eigenvalue weighted by Gasteiger charge is -2.44. The molecule has 0 aliphatic carbocycles. The smallest absolute Gasteiger partial charge is 0.316 e. The van der Waals surface area contributed by atoms with Crippen molar-refractivity contribution in [2.75, 3.05) is 36.1 Å². The standard InChI is InChI=1S/C21H29FN4O3/c1-21(2)7-4-13-16(20(28)29)19(27)15-14(26(13)21)10-12(17(22)18(15)23)24-11-5-8-25(3)9-6-11/h10-11,13,16,24H,4-9,23H2,1-3H3,(H,28,29). The van der Waals surface area contributed by atoms with Crippen LogP contribution in [0.5, 0.6) is 0 Å². The number of Topliss-reactive ketones (excluding diaryl/α,β-unsaturated/α-hetero) is 1. The highest BCUT2D eigenvalue weighted by Crippen LogP contribution is 2.49. The Hall–Kier alpha value is -2.35. The summed E-state index contributed by atoms with van der Waals surface area (Å²) in [5.41, 5.74) is 6.34. The normalized spacial score (nSPS) is 26.9. The Kier molecular flexibility index (Phi) is 4.72. The van der Waals surface area contributed by atoms with Gasteiger partial charge in [-0.05, 0) is 65.7 Å². The number of rotatable bonds is 3. The van der Waals surface area contributed by atoms with Crippen molar-refractivity contribution >= 4 is 28.8 Å². The van der Waals surface area contributed by atoms with Crippen LogP contribution in [-0.2, 0) is 4.79 Å². The van der Waals surface area contributed by atoms with Crippen LogP contribution in [0.25, 0.3) is 0 Å². The highest BCUT2D eigenvalue weighted by atomic mass is 19.1. The fourth-order valence-corrected chi connectivity index (χ4v) is 5.22. The third-order valence-electron chi connectivity index (χ3n) is 6.83. The summed E-state index contributed by atoms with van der Waals surface area (Å²) in [5.74, 6) is -3.66. The van der Waals surface area contributed by atoms with Gasteiger partial charge in [-0.15, -0.1) is 0 Å². The van der Waals surface area contributed by atoms with Crippen molar-refractivity contribution in [2.24, 2.45) is 5.92 Å². The minimum absolute atomic E-state index is 0.00931. The molecule has 0 amide bonds. The van der Waals surface area contributed by atoms with Crippen molar-refractivity contribution < 1.29 is 19.1 Å². The molecular weight excluding hydrogens is 375 g/mol. The molecule has 1 aromatic rings. The maximum atomic E-state index is 15.1. The topological polar surface area (TPSA) is 98.9 Å². The number of nitrogens with one attached hydrogen (secondary N) is 1. The first-order chi connectivity index (χ1) is 13.6. The second kappa shape index (κ2) is 6.86. The van der Waals surface area contributed by atoms with Gasteiger partial charge < -0.3 is 26.0 Å². The highest BCUT2D eigenvalue weighted by molar-refractivity contribution is 6.17. The summed E-state index contributed by atoms with van der Waals surface area (Å²) in [6.45, 7) is 5.91. The maximum absolute atomic E-state index is 15.1. The molecule has 2 saturated heterocycles. The van der Waals surface area contributed by atoms with Gasteiger partial charge in [0.2, 0.25) is 0 Å². The molecule has 8 heteroatoms. The Labute approximate surface area is 170 Å². The van der Waals surface area contributed by atoms with Gasteiger partial charge in [-0.2, -0.15) is 0 Å². The molecule has 3 heterocycles. The van der Waals surface area contributed by atoms with E-state index in [1.54, 1.807) is 6.07 Å². The zero-order valence-corrected chi connectivity index (χ0v) is 17.2. The lowest BCUT2D eigenvalue weighted by molar-refractivity contribution is -0.140. The van der Waals surface area contributed by atoms with E-state index in [9.17, 15) is 14.7 Å². The SMILES string of the molecule is CN1CCC(Nc2cc3c(c(N)c2F)C(=O)C(C(=O)O)C2CCC(C)(C)N32)CC1. The molecule has 2 unspecified atom stereocenters. The van der Waals surface area contributed by atoms with Gasteiger partial charge in [0, 0.05) is 11.6 Å². The first kappa shape index (κ1) is 19.9. The molecule has 3 aliphatic rings. The number of hydrogen-bond donors (Lipinski definition) is 3. The Bertz CT molecular complexity index is 864. The number of hydrogen-bond acceptors (Lipinski definition) is 6. The van der Waals surface area contributed by atoms with E-state index < -0.39 is 29.5 Å². The van der Waals surface area contributed by atoms with Crippen molar-refractivity contribution in [2.45, 2.75) is 57.2 Å². The van der Waals surface area contributed by atoms with Crippen LogP contribution >= 0.6 is 0 Å². The number of carboxylic acids is 1. The molecule has 0 saturated carbocycles. The molecule has 0 spiro atoms. The number of likely N-dealkylation sites (tertiary alicyclic amines) is 1. The van der Waals surface area contributed by atoms with Gasteiger partial charge in [-0.25, -0.2) is 4.39 Å². The van der Waals surface area contributed by atoms with Crippen LogP contribution in [0.15, 0.2) is 6.07 Å².